The number of hydrogen-bond acceptors (Lipinski definition) is 6. The Balaban J connectivity index is 1.36. The lowest BCUT2D eigenvalue weighted by Crippen LogP contribution is -2.43. The van der Waals surface area contributed by atoms with Gasteiger partial charge in [0.05, 0.1) is 12.5 Å². The Bertz CT molecular complexity index is 682. The van der Waals surface area contributed by atoms with Gasteiger partial charge in [-0.15, -0.1) is 0 Å². The highest BCUT2D eigenvalue weighted by molar-refractivity contribution is 5.91. The highest BCUT2D eigenvalue weighted by Gasteiger charge is 2.28. The molecule has 8 heteroatoms. The van der Waals surface area contributed by atoms with Crippen LogP contribution in [0.15, 0.2) is 41.4 Å². The number of nitrogens with zero attached hydrogens (tertiary/aromatic N) is 3. The third-order valence-corrected chi connectivity index (χ3v) is 4.18. The number of carbonyl (C=O) groups excluding carboxylic acids is 2. The lowest BCUT2D eigenvalue weighted by molar-refractivity contribution is -0.126. The first-order chi connectivity index (χ1) is 12.2. The predicted octanol–water partition coefficient (Wildman–Crippen LogP) is 1.15. The molecule has 1 fully saturated rings. The van der Waals surface area contributed by atoms with Crippen LogP contribution in [0.5, 0.6) is 0 Å². The molecule has 25 heavy (non-hydrogen) atoms. The van der Waals surface area contributed by atoms with Crippen molar-refractivity contribution in [1.82, 2.24) is 20.2 Å². The van der Waals surface area contributed by atoms with Gasteiger partial charge in [-0.1, -0.05) is 0 Å². The first-order valence-electron chi connectivity index (χ1n) is 8.34. The fraction of sp³-hybridized carbons (Fsp3) is 0.412. The minimum atomic E-state index is -0.114. The number of nitrogens with one attached hydrogen (secondary N) is 2. The average molecular weight is 343 g/mol. The van der Waals surface area contributed by atoms with Crippen molar-refractivity contribution in [3.05, 3.63) is 42.7 Å². The van der Waals surface area contributed by atoms with Crippen molar-refractivity contribution in [3.8, 4) is 0 Å². The van der Waals surface area contributed by atoms with Crippen LogP contribution in [0.2, 0.25) is 0 Å². The summed E-state index contributed by atoms with van der Waals surface area (Å²) in [7, 11) is 0. The zero-order chi connectivity index (χ0) is 17.5. The van der Waals surface area contributed by atoms with Crippen molar-refractivity contribution in [2.45, 2.75) is 12.8 Å². The van der Waals surface area contributed by atoms with Gasteiger partial charge in [0.15, 0.2) is 5.76 Å². The SMILES string of the molecule is O=C(NCCNc1cnccn1)C1CCN(C(=O)c2ccco2)CC1. The zero-order valence-corrected chi connectivity index (χ0v) is 13.9. The van der Waals surface area contributed by atoms with E-state index in [0.717, 1.165) is 0 Å². The number of rotatable bonds is 6. The lowest BCUT2D eigenvalue weighted by atomic mass is 9.95. The maximum Gasteiger partial charge on any atom is 0.289 e. The highest BCUT2D eigenvalue weighted by atomic mass is 16.3. The van der Waals surface area contributed by atoms with Gasteiger partial charge >= 0.3 is 0 Å². The summed E-state index contributed by atoms with van der Waals surface area (Å²) in [5.41, 5.74) is 0. The van der Waals surface area contributed by atoms with Crippen LogP contribution in [-0.2, 0) is 4.79 Å². The number of hydrogen-bond donors (Lipinski definition) is 2. The highest BCUT2D eigenvalue weighted by Crippen LogP contribution is 2.19. The van der Waals surface area contributed by atoms with E-state index in [0.29, 0.717) is 50.6 Å². The summed E-state index contributed by atoms with van der Waals surface area (Å²) >= 11 is 0. The van der Waals surface area contributed by atoms with E-state index in [9.17, 15) is 9.59 Å². The number of likely N-dealkylation sites (tertiary alicyclic amines) is 1. The summed E-state index contributed by atoms with van der Waals surface area (Å²) in [4.78, 5) is 34.2. The van der Waals surface area contributed by atoms with Crippen LogP contribution >= 0.6 is 0 Å². The van der Waals surface area contributed by atoms with E-state index in [1.807, 2.05) is 0 Å². The molecule has 0 bridgehead atoms. The number of furan rings is 1. The number of piperidine rings is 1. The van der Waals surface area contributed by atoms with E-state index in [4.69, 9.17) is 4.42 Å². The second-order valence-corrected chi connectivity index (χ2v) is 5.85. The Morgan fingerprint density at radius 2 is 2.08 bits per heavy atom. The molecule has 2 N–H and O–H groups in total. The standard InChI is InChI=1S/C17H21N5O3/c23-16(21-8-7-20-15-12-18-5-6-19-15)13-3-9-22(10-4-13)17(24)14-2-1-11-25-14/h1-2,5-6,11-13H,3-4,7-10H2,(H,19,20)(H,21,23). The second kappa shape index (κ2) is 8.27. The van der Waals surface area contributed by atoms with E-state index in [2.05, 4.69) is 20.6 Å². The van der Waals surface area contributed by atoms with Crippen LogP contribution in [-0.4, -0.2) is 52.9 Å². The molecular formula is C17H21N5O3. The van der Waals surface area contributed by atoms with Gasteiger partial charge in [-0.2, -0.15) is 0 Å². The number of aromatic nitrogens is 2. The maximum absolute atomic E-state index is 12.2. The smallest absolute Gasteiger partial charge is 0.289 e. The Labute approximate surface area is 145 Å². The summed E-state index contributed by atoms with van der Waals surface area (Å²) in [6.07, 6.45) is 7.66. The van der Waals surface area contributed by atoms with E-state index >= 15 is 0 Å². The van der Waals surface area contributed by atoms with Crippen LogP contribution in [0.3, 0.4) is 0 Å². The van der Waals surface area contributed by atoms with Crippen molar-refractivity contribution in [1.29, 1.82) is 0 Å². The van der Waals surface area contributed by atoms with Crippen molar-refractivity contribution in [3.63, 3.8) is 0 Å². The van der Waals surface area contributed by atoms with E-state index in [1.54, 1.807) is 35.6 Å². The lowest BCUT2D eigenvalue weighted by Gasteiger charge is -2.30. The molecule has 132 valence electrons. The molecule has 2 amide bonds. The molecule has 0 radical (unpaired) electrons. The van der Waals surface area contributed by atoms with Crippen LogP contribution in [0.4, 0.5) is 5.82 Å². The summed E-state index contributed by atoms with van der Waals surface area (Å²) < 4.78 is 5.14. The molecule has 0 spiro atoms. The number of amides is 2. The minimum absolute atomic E-state index is 0.0334. The Morgan fingerprint density at radius 3 is 2.76 bits per heavy atom. The van der Waals surface area contributed by atoms with Gasteiger partial charge in [0.25, 0.3) is 5.91 Å². The van der Waals surface area contributed by atoms with E-state index in [1.165, 1.54) is 6.26 Å². The molecule has 1 aliphatic heterocycles. The molecule has 3 heterocycles. The minimum Gasteiger partial charge on any atom is -0.459 e. The van der Waals surface area contributed by atoms with E-state index < -0.39 is 0 Å². The molecule has 1 aliphatic rings. The summed E-state index contributed by atoms with van der Waals surface area (Å²) in [5.74, 6) is 0.889. The third kappa shape index (κ3) is 4.56. The Kier molecular flexibility index (Phi) is 5.61. The topological polar surface area (TPSA) is 100 Å². The maximum atomic E-state index is 12.2. The zero-order valence-electron chi connectivity index (χ0n) is 13.9. The average Bonchev–Trinajstić information content (AvgIpc) is 3.20. The third-order valence-electron chi connectivity index (χ3n) is 4.18. The second-order valence-electron chi connectivity index (χ2n) is 5.85. The van der Waals surface area contributed by atoms with Gasteiger partial charge in [-0.25, -0.2) is 4.98 Å². The van der Waals surface area contributed by atoms with Crippen LogP contribution in [0.1, 0.15) is 23.4 Å². The molecule has 0 saturated carbocycles. The first kappa shape index (κ1) is 16.9. The fourth-order valence-corrected chi connectivity index (χ4v) is 2.81. The summed E-state index contributed by atoms with van der Waals surface area (Å²) in [5, 5.41) is 6.01. The molecular weight excluding hydrogens is 322 g/mol. The normalized spacial score (nSPS) is 15.0. The molecule has 0 atom stereocenters. The van der Waals surface area contributed by atoms with Crippen LogP contribution in [0, 0.1) is 5.92 Å². The van der Waals surface area contributed by atoms with Gasteiger partial charge in [0, 0.05) is 44.5 Å². The quantitative estimate of drug-likeness (QED) is 0.763. The number of anilines is 1. The molecule has 0 aromatic carbocycles. The van der Waals surface area contributed by atoms with Crippen molar-refractivity contribution in [2.24, 2.45) is 5.92 Å². The molecule has 2 aromatic heterocycles. The van der Waals surface area contributed by atoms with Crippen molar-refractivity contribution >= 4 is 17.6 Å². The fourth-order valence-electron chi connectivity index (χ4n) is 2.81. The van der Waals surface area contributed by atoms with Crippen LogP contribution in [0.25, 0.3) is 0 Å². The number of carbonyl (C=O) groups is 2. The molecule has 0 aliphatic carbocycles. The predicted molar refractivity (Wildman–Crippen MR) is 90.9 cm³/mol. The summed E-state index contributed by atoms with van der Waals surface area (Å²) in [6, 6.07) is 3.35. The van der Waals surface area contributed by atoms with Gasteiger partial charge in [-0.3, -0.25) is 14.6 Å². The van der Waals surface area contributed by atoms with Crippen molar-refractivity contribution in [2.75, 3.05) is 31.5 Å². The Hall–Kier alpha value is -2.90. The molecule has 2 aromatic rings. The van der Waals surface area contributed by atoms with Crippen LogP contribution < -0.4 is 10.6 Å². The monoisotopic (exact) mass is 343 g/mol. The van der Waals surface area contributed by atoms with Gasteiger partial charge < -0.3 is 20.0 Å². The van der Waals surface area contributed by atoms with Gasteiger partial charge in [0.2, 0.25) is 5.91 Å². The summed E-state index contributed by atoms with van der Waals surface area (Å²) in [6.45, 7) is 2.23. The molecule has 8 nitrogen and oxygen atoms in total. The van der Waals surface area contributed by atoms with Crippen molar-refractivity contribution < 1.29 is 14.0 Å². The van der Waals surface area contributed by atoms with E-state index in [-0.39, 0.29) is 17.7 Å². The first-order valence-corrected chi connectivity index (χ1v) is 8.34. The van der Waals surface area contributed by atoms with Gasteiger partial charge in [0.1, 0.15) is 5.82 Å². The molecule has 3 rings (SSSR count). The largest absolute Gasteiger partial charge is 0.459 e. The van der Waals surface area contributed by atoms with Gasteiger partial charge in [-0.05, 0) is 25.0 Å². The Morgan fingerprint density at radius 1 is 1.24 bits per heavy atom. The molecule has 1 saturated heterocycles. The molecule has 0 unspecified atom stereocenters.